The molecule has 27 heavy (non-hydrogen) atoms. The molecule has 2 aromatic carbocycles. The monoisotopic (exact) mass is 392 g/mol. The summed E-state index contributed by atoms with van der Waals surface area (Å²) in [7, 11) is 0. The predicted molar refractivity (Wildman–Crippen MR) is 114 cm³/mol. The molecule has 0 saturated heterocycles. The maximum absolute atomic E-state index is 4.79. The van der Waals surface area contributed by atoms with Gasteiger partial charge in [-0.1, -0.05) is 24.3 Å². The normalized spacial score (nSPS) is 11.7. The van der Waals surface area contributed by atoms with Gasteiger partial charge in [-0.05, 0) is 50.2 Å². The summed E-state index contributed by atoms with van der Waals surface area (Å²) in [5.41, 5.74) is 3.47. The lowest BCUT2D eigenvalue weighted by Gasteiger charge is -2.20. The largest absolute Gasteiger partial charge is 0.240 e. The molecule has 6 heteroatoms. The third kappa shape index (κ3) is 3.31. The third-order valence-corrected chi connectivity index (χ3v) is 5.47. The second-order valence-corrected chi connectivity index (χ2v) is 7.86. The van der Waals surface area contributed by atoms with Crippen LogP contribution in [0.5, 0.6) is 0 Å². The Morgan fingerprint density at radius 3 is 1.48 bits per heavy atom. The average Bonchev–Trinajstić information content (AvgIpc) is 3.33. The molecule has 0 aliphatic carbocycles. The Kier molecular flexibility index (Phi) is 4.61. The van der Waals surface area contributed by atoms with Crippen molar-refractivity contribution in [2.45, 2.75) is 29.1 Å². The first-order chi connectivity index (χ1) is 13.0. The van der Waals surface area contributed by atoms with Crippen LogP contribution in [-0.2, 0) is 5.41 Å². The van der Waals surface area contributed by atoms with Crippen LogP contribution in [-0.4, -0.2) is 19.6 Å². The highest BCUT2D eigenvalue weighted by Crippen LogP contribution is 2.30. The molecule has 0 aliphatic rings. The quantitative estimate of drug-likeness (QED) is 0.482. The smallest absolute Gasteiger partial charge is 0.0778 e. The fraction of sp³-hybridized carbons (Fsp3) is 0.143. The lowest BCUT2D eigenvalue weighted by Crippen LogP contribution is -2.21. The highest BCUT2D eigenvalue weighted by Gasteiger charge is 2.29. The molecule has 4 nitrogen and oxygen atoms in total. The van der Waals surface area contributed by atoms with Crippen LogP contribution in [0, 0.1) is 0 Å². The van der Waals surface area contributed by atoms with Gasteiger partial charge in [-0.15, -0.1) is 25.3 Å². The van der Waals surface area contributed by atoms with Crippen LogP contribution in [0.4, 0.5) is 0 Å². The van der Waals surface area contributed by atoms with Crippen LogP contribution in [0.3, 0.4) is 0 Å². The summed E-state index contributed by atoms with van der Waals surface area (Å²) in [6.45, 7) is 4.26. The Bertz CT molecular complexity index is 1010. The van der Waals surface area contributed by atoms with E-state index in [1.54, 1.807) is 0 Å². The van der Waals surface area contributed by atoms with Gasteiger partial charge in [0.25, 0.3) is 0 Å². The molecule has 0 fully saturated rings. The summed E-state index contributed by atoms with van der Waals surface area (Å²) in [5, 5.41) is 9.58. The minimum absolute atomic E-state index is 0.340. The van der Waals surface area contributed by atoms with Crippen molar-refractivity contribution in [3.8, 4) is 11.4 Å². The van der Waals surface area contributed by atoms with Crippen molar-refractivity contribution in [2.75, 3.05) is 0 Å². The molecule has 0 amide bonds. The summed E-state index contributed by atoms with van der Waals surface area (Å²) >= 11 is 9.06. The first-order valence-corrected chi connectivity index (χ1v) is 9.55. The molecule has 0 spiro atoms. The van der Waals surface area contributed by atoms with Gasteiger partial charge < -0.3 is 0 Å². The summed E-state index contributed by atoms with van der Waals surface area (Å²) in [6.07, 6.45) is 3.93. The van der Waals surface area contributed by atoms with Crippen molar-refractivity contribution in [2.24, 2.45) is 0 Å². The van der Waals surface area contributed by atoms with Gasteiger partial charge in [0, 0.05) is 22.2 Å². The highest BCUT2D eigenvalue weighted by molar-refractivity contribution is 7.80. The van der Waals surface area contributed by atoms with Gasteiger partial charge in [0.1, 0.15) is 0 Å². The number of hydrogen-bond donors (Lipinski definition) is 2. The summed E-state index contributed by atoms with van der Waals surface area (Å²) in [4.78, 5) is 1.78. The van der Waals surface area contributed by atoms with Gasteiger partial charge >= 0.3 is 0 Å². The SMILES string of the molecule is CC(C)(c1ccn(-c2ccccc2S)n1)c1ccn(-c2ccccc2S)n1. The number of aromatic nitrogens is 4. The van der Waals surface area contributed by atoms with Crippen molar-refractivity contribution < 1.29 is 0 Å². The topological polar surface area (TPSA) is 35.6 Å². The standard InChI is InChI=1S/C21H20N4S2/c1-21(2,19-11-13-24(22-19)15-7-3-5-9-17(15)26)20-12-14-25(23-20)16-8-4-6-10-18(16)27/h3-14,26-27H,1-2H3. The van der Waals surface area contributed by atoms with Gasteiger partial charge in [0.2, 0.25) is 0 Å². The molecule has 2 aromatic heterocycles. The molecule has 4 aromatic rings. The zero-order chi connectivity index (χ0) is 19.0. The molecule has 136 valence electrons. The minimum Gasteiger partial charge on any atom is -0.240 e. The van der Waals surface area contributed by atoms with E-state index in [0.29, 0.717) is 0 Å². The summed E-state index contributed by atoms with van der Waals surface area (Å²) in [6, 6.07) is 19.9. The highest BCUT2D eigenvalue weighted by atomic mass is 32.1. The lowest BCUT2D eigenvalue weighted by molar-refractivity contribution is 0.575. The maximum Gasteiger partial charge on any atom is 0.0778 e. The molecule has 0 atom stereocenters. The van der Waals surface area contributed by atoms with Crippen LogP contribution in [0.1, 0.15) is 25.2 Å². The van der Waals surface area contributed by atoms with Crippen molar-refractivity contribution in [3.05, 3.63) is 84.4 Å². The summed E-state index contributed by atoms with van der Waals surface area (Å²) in [5.74, 6) is 0. The average molecular weight is 393 g/mol. The van der Waals surface area contributed by atoms with Crippen LogP contribution < -0.4 is 0 Å². The molecule has 0 radical (unpaired) electrons. The zero-order valence-corrected chi connectivity index (χ0v) is 16.9. The first-order valence-electron chi connectivity index (χ1n) is 8.66. The Labute approximate surface area is 169 Å². The lowest BCUT2D eigenvalue weighted by atomic mass is 9.86. The van der Waals surface area contributed by atoms with Gasteiger partial charge in [-0.2, -0.15) is 10.2 Å². The minimum atomic E-state index is -0.340. The zero-order valence-electron chi connectivity index (χ0n) is 15.1. The van der Waals surface area contributed by atoms with Gasteiger partial charge in [0.05, 0.1) is 28.2 Å². The third-order valence-electron chi connectivity index (χ3n) is 4.72. The number of rotatable bonds is 4. The molecule has 4 rings (SSSR count). The van der Waals surface area contributed by atoms with Crippen LogP contribution >= 0.6 is 25.3 Å². The summed E-state index contributed by atoms with van der Waals surface area (Å²) < 4.78 is 3.72. The Morgan fingerprint density at radius 1 is 0.667 bits per heavy atom. The van der Waals surface area contributed by atoms with E-state index in [4.69, 9.17) is 10.2 Å². The van der Waals surface area contributed by atoms with E-state index in [9.17, 15) is 0 Å². The van der Waals surface area contributed by atoms with Crippen molar-refractivity contribution in [1.82, 2.24) is 19.6 Å². The number of hydrogen-bond acceptors (Lipinski definition) is 4. The van der Waals surface area contributed by atoms with E-state index in [0.717, 1.165) is 32.6 Å². The van der Waals surface area contributed by atoms with Gasteiger partial charge in [-0.25, -0.2) is 9.36 Å². The molecule has 0 unspecified atom stereocenters. The number of nitrogens with zero attached hydrogens (tertiary/aromatic N) is 4. The van der Waals surface area contributed by atoms with Crippen molar-refractivity contribution in [3.63, 3.8) is 0 Å². The predicted octanol–water partition coefficient (Wildman–Crippen LogP) is 4.96. The molecule has 0 aliphatic heterocycles. The second-order valence-electron chi connectivity index (χ2n) is 6.89. The van der Waals surface area contributed by atoms with Gasteiger partial charge in [-0.3, -0.25) is 0 Å². The van der Waals surface area contributed by atoms with E-state index in [1.165, 1.54) is 0 Å². The number of thiol groups is 2. The van der Waals surface area contributed by atoms with Crippen LogP contribution in [0.2, 0.25) is 0 Å². The van der Waals surface area contributed by atoms with E-state index in [2.05, 4.69) is 39.1 Å². The fourth-order valence-electron chi connectivity index (χ4n) is 3.03. The van der Waals surface area contributed by atoms with Crippen molar-refractivity contribution >= 4 is 25.3 Å². The Morgan fingerprint density at radius 2 is 1.07 bits per heavy atom. The molecular formula is C21H20N4S2. The molecular weight excluding hydrogens is 372 g/mol. The molecule has 0 saturated carbocycles. The van der Waals surface area contributed by atoms with E-state index in [-0.39, 0.29) is 5.41 Å². The number of benzene rings is 2. The molecule has 2 heterocycles. The molecule has 0 bridgehead atoms. The molecule has 0 N–H and O–H groups in total. The van der Waals surface area contributed by atoms with E-state index in [1.807, 2.05) is 82.4 Å². The van der Waals surface area contributed by atoms with Crippen LogP contribution in [0.15, 0.2) is 82.8 Å². The maximum atomic E-state index is 4.79. The number of para-hydroxylation sites is 2. The van der Waals surface area contributed by atoms with Crippen molar-refractivity contribution in [1.29, 1.82) is 0 Å². The van der Waals surface area contributed by atoms with E-state index >= 15 is 0 Å². The van der Waals surface area contributed by atoms with Gasteiger partial charge in [0.15, 0.2) is 0 Å². The Balaban J connectivity index is 1.69. The first kappa shape index (κ1) is 17.9. The second kappa shape index (κ2) is 6.94. The fourth-order valence-corrected chi connectivity index (χ4v) is 3.56. The van der Waals surface area contributed by atoms with Crippen LogP contribution in [0.25, 0.3) is 11.4 Å². The van der Waals surface area contributed by atoms with E-state index < -0.39 is 0 Å². The Hall–Kier alpha value is -2.44.